The molecule has 6 nitrogen and oxygen atoms in total. The molecule has 2 aromatic rings. The first-order valence-electron chi connectivity index (χ1n) is 9.06. The molecule has 148 valence electrons. The van der Waals surface area contributed by atoms with Crippen molar-refractivity contribution in [1.82, 2.24) is 4.72 Å². The molecule has 1 atom stereocenters. The van der Waals surface area contributed by atoms with Gasteiger partial charge in [0.05, 0.1) is 24.7 Å². The maximum Gasteiger partial charge on any atom is 0.241 e. The summed E-state index contributed by atoms with van der Waals surface area (Å²) >= 11 is 0. The first-order chi connectivity index (χ1) is 12.9. The lowest BCUT2D eigenvalue weighted by Gasteiger charge is -2.18. The Morgan fingerprint density at radius 3 is 2.04 bits per heavy atom. The minimum absolute atomic E-state index is 0.189. The van der Waals surface area contributed by atoms with E-state index in [0.717, 1.165) is 5.56 Å². The molecule has 0 amide bonds. The fraction of sp³-hybridized carbons (Fsp3) is 0.400. The second-order valence-electron chi connectivity index (χ2n) is 5.82. The molecule has 27 heavy (non-hydrogen) atoms. The number of ether oxygens (including phenoxy) is 3. The average molecular weight is 394 g/mol. The van der Waals surface area contributed by atoms with Crippen LogP contribution in [0.2, 0.25) is 0 Å². The molecule has 0 bridgehead atoms. The molecule has 0 heterocycles. The summed E-state index contributed by atoms with van der Waals surface area (Å²) in [5, 5.41) is 0. The van der Waals surface area contributed by atoms with Crippen LogP contribution in [0.3, 0.4) is 0 Å². The van der Waals surface area contributed by atoms with Gasteiger partial charge < -0.3 is 14.2 Å². The van der Waals surface area contributed by atoms with E-state index in [1.807, 2.05) is 26.8 Å². The summed E-state index contributed by atoms with van der Waals surface area (Å²) in [6, 6.07) is 11.4. The van der Waals surface area contributed by atoms with Gasteiger partial charge in [0.2, 0.25) is 10.0 Å². The summed E-state index contributed by atoms with van der Waals surface area (Å²) in [6.45, 7) is 9.01. The second kappa shape index (κ2) is 9.62. The topological polar surface area (TPSA) is 73.9 Å². The van der Waals surface area contributed by atoms with E-state index in [-0.39, 0.29) is 4.90 Å². The predicted octanol–water partition coefficient (Wildman–Crippen LogP) is 3.92. The summed E-state index contributed by atoms with van der Waals surface area (Å²) in [5.74, 6) is 1.88. The lowest BCUT2D eigenvalue weighted by molar-refractivity contribution is 0.287. The molecule has 2 rings (SSSR count). The average Bonchev–Trinajstić information content (AvgIpc) is 2.64. The number of rotatable bonds is 10. The molecule has 0 aliphatic rings. The number of sulfonamides is 1. The summed E-state index contributed by atoms with van der Waals surface area (Å²) in [6.07, 6.45) is 0. The van der Waals surface area contributed by atoms with Crippen LogP contribution in [0, 0.1) is 0 Å². The number of hydrogen-bond donors (Lipinski definition) is 1. The van der Waals surface area contributed by atoms with Crippen molar-refractivity contribution in [3.63, 3.8) is 0 Å². The van der Waals surface area contributed by atoms with Crippen molar-refractivity contribution in [1.29, 1.82) is 0 Å². The zero-order chi connectivity index (χ0) is 19.9. The van der Waals surface area contributed by atoms with E-state index in [0.29, 0.717) is 37.1 Å². The van der Waals surface area contributed by atoms with Crippen molar-refractivity contribution >= 4 is 10.0 Å². The zero-order valence-electron chi connectivity index (χ0n) is 16.2. The summed E-state index contributed by atoms with van der Waals surface area (Å²) in [5.41, 5.74) is 0.788. The molecule has 0 saturated heterocycles. The molecule has 0 aliphatic heterocycles. The molecule has 2 aromatic carbocycles. The quantitative estimate of drug-likeness (QED) is 0.662. The lowest BCUT2D eigenvalue weighted by Crippen LogP contribution is -2.26. The normalized spacial score (nSPS) is 12.4. The van der Waals surface area contributed by atoms with Gasteiger partial charge in [-0.2, -0.15) is 0 Å². The van der Waals surface area contributed by atoms with Crippen molar-refractivity contribution in [2.75, 3.05) is 19.8 Å². The smallest absolute Gasteiger partial charge is 0.241 e. The van der Waals surface area contributed by atoms with Gasteiger partial charge >= 0.3 is 0 Å². The molecule has 0 aromatic heterocycles. The Hall–Kier alpha value is -2.25. The van der Waals surface area contributed by atoms with Gasteiger partial charge in [0.25, 0.3) is 0 Å². The van der Waals surface area contributed by atoms with E-state index in [9.17, 15) is 8.42 Å². The fourth-order valence-electron chi connectivity index (χ4n) is 2.59. The SMILES string of the molecule is CCOc1ccc(S(=O)(=O)N[C@H](C)c2ccc(OCC)c(OCC)c2)cc1. The van der Waals surface area contributed by atoms with Gasteiger partial charge in [0.15, 0.2) is 11.5 Å². The van der Waals surface area contributed by atoms with E-state index >= 15 is 0 Å². The Bertz CT molecular complexity index is 834. The molecule has 1 N–H and O–H groups in total. The molecule has 0 unspecified atom stereocenters. The first-order valence-corrected chi connectivity index (χ1v) is 10.5. The third-order valence-electron chi connectivity index (χ3n) is 3.84. The number of hydrogen-bond acceptors (Lipinski definition) is 5. The highest BCUT2D eigenvalue weighted by Crippen LogP contribution is 2.31. The Morgan fingerprint density at radius 1 is 0.852 bits per heavy atom. The van der Waals surface area contributed by atoms with Crippen molar-refractivity contribution in [2.45, 2.75) is 38.6 Å². The maximum atomic E-state index is 12.7. The van der Waals surface area contributed by atoms with Crippen molar-refractivity contribution < 1.29 is 22.6 Å². The predicted molar refractivity (Wildman–Crippen MR) is 105 cm³/mol. The number of benzene rings is 2. The van der Waals surface area contributed by atoms with Gasteiger partial charge in [-0.3, -0.25) is 0 Å². The van der Waals surface area contributed by atoms with Gasteiger partial charge in [-0.15, -0.1) is 0 Å². The lowest BCUT2D eigenvalue weighted by atomic mass is 10.1. The summed E-state index contributed by atoms with van der Waals surface area (Å²) in [4.78, 5) is 0.189. The third kappa shape index (κ3) is 5.61. The van der Waals surface area contributed by atoms with Gasteiger partial charge in [-0.1, -0.05) is 6.07 Å². The first kappa shape index (κ1) is 21.1. The van der Waals surface area contributed by atoms with Crippen LogP contribution in [0.4, 0.5) is 0 Å². The van der Waals surface area contributed by atoms with Crippen LogP contribution in [0.5, 0.6) is 17.2 Å². The van der Waals surface area contributed by atoms with Crippen molar-refractivity contribution in [3.05, 3.63) is 48.0 Å². The number of nitrogens with one attached hydrogen (secondary N) is 1. The van der Waals surface area contributed by atoms with E-state index < -0.39 is 16.1 Å². The van der Waals surface area contributed by atoms with E-state index in [4.69, 9.17) is 14.2 Å². The van der Waals surface area contributed by atoms with Crippen LogP contribution in [0.25, 0.3) is 0 Å². The maximum absolute atomic E-state index is 12.7. The van der Waals surface area contributed by atoms with Gasteiger partial charge in [-0.25, -0.2) is 13.1 Å². The van der Waals surface area contributed by atoms with Crippen molar-refractivity contribution in [3.8, 4) is 17.2 Å². The molecule has 0 radical (unpaired) electrons. The minimum atomic E-state index is -3.66. The highest BCUT2D eigenvalue weighted by molar-refractivity contribution is 7.89. The van der Waals surface area contributed by atoms with Crippen LogP contribution in [0.1, 0.15) is 39.3 Å². The monoisotopic (exact) mass is 393 g/mol. The summed E-state index contributed by atoms with van der Waals surface area (Å²) < 4.78 is 44.5. The Labute approximate surface area is 161 Å². The molecule has 0 aliphatic carbocycles. The summed E-state index contributed by atoms with van der Waals surface area (Å²) in [7, 11) is -3.66. The highest BCUT2D eigenvalue weighted by atomic mass is 32.2. The standard InChI is InChI=1S/C20H27NO5S/c1-5-24-17-9-11-18(12-10-17)27(22,23)21-15(4)16-8-13-19(25-6-2)20(14-16)26-7-3/h8-15,21H,5-7H2,1-4H3/t15-/m1/s1. The highest BCUT2D eigenvalue weighted by Gasteiger charge is 2.19. The van der Waals surface area contributed by atoms with Crippen LogP contribution >= 0.6 is 0 Å². The van der Waals surface area contributed by atoms with E-state index in [1.54, 1.807) is 31.2 Å². The van der Waals surface area contributed by atoms with Crippen molar-refractivity contribution in [2.24, 2.45) is 0 Å². The third-order valence-corrected chi connectivity index (χ3v) is 5.40. The Morgan fingerprint density at radius 2 is 1.44 bits per heavy atom. The van der Waals surface area contributed by atoms with Gasteiger partial charge in [0, 0.05) is 6.04 Å². The van der Waals surface area contributed by atoms with Crippen LogP contribution in [-0.2, 0) is 10.0 Å². The van der Waals surface area contributed by atoms with Crippen LogP contribution < -0.4 is 18.9 Å². The molecular weight excluding hydrogens is 366 g/mol. The Balaban J connectivity index is 2.19. The fourth-order valence-corrected chi connectivity index (χ4v) is 3.82. The zero-order valence-corrected chi connectivity index (χ0v) is 17.0. The second-order valence-corrected chi connectivity index (χ2v) is 7.53. The van der Waals surface area contributed by atoms with E-state index in [2.05, 4.69) is 4.72 Å². The largest absolute Gasteiger partial charge is 0.494 e. The molecule has 7 heteroatoms. The molecule has 0 spiro atoms. The Kier molecular flexibility index (Phi) is 7.50. The van der Waals surface area contributed by atoms with Crippen LogP contribution in [-0.4, -0.2) is 28.2 Å². The molecule has 0 fully saturated rings. The molecule has 0 saturated carbocycles. The van der Waals surface area contributed by atoms with Crippen LogP contribution in [0.15, 0.2) is 47.4 Å². The molecular formula is C20H27NO5S. The van der Waals surface area contributed by atoms with Gasteiger partial charge in [0.1, 0.15) is 5.75 Å². The minimum Gasteiger partial charge on any atom is -0.494 e. The van der Waals surface area contributed by atoms with E-state index in [1.165, 1.54) is 12.1 Å². The van der Waals surface area contributed by atoms with Gasteiger partial charge in [-0.05, 0) is 69.7 Å².